The molecule has 1 atom stereocenters. The lowest BCUT2D eigenvalue weighted by Gasteiger charge is -2.28. The van der Waals surface area contributed by atoms with Gasteiger partial charge in [0.1, 0.15) is 11.5 Å². The number of ether oxygens (including phenoxy) is 2. The van der Waals surface area contributed by atoms with Gasteiger partial charge in [-0.25, -0.2) is 0 Å². The molecule has 4 heteroatoms. The summed E-state index contributed by atoms with van der Waals surface area (Å²) in [6.07, 6.45) is -0.556. The number of ketones is 1. The molecule has 0 rings (SSSR count). The van der Waals surface area contributed by atoms with Crippen molar-refractivity contribution in [1.82, 2.24) is 0 Å². The Kier molecular flexibility index (Phi) is 6.39. The molecule has 0 saturated heterocycles. The van der Waals surface area contributed by atoms with Crippen LogP contribution in [-0.4, -0.2) is 31.1 Å². The van der Waals surface area contributed by atoms with Gasteiger partial charge in [0, 0.05) is 6.61 Å². The summed E-state index contributed by atoms with van der Waals surface area (Å²) in [6, 6.07) is 0. The van der Waals surface area contributed by atoms with Crippen LogP contribution in [0, 0.1) is 11.3 Å². The maximum absolute atomic E-state index is 12.3. The molecular formula is C13H24O4. The number of esters is 1. The van der Waals surface area contributed by atoms with E-state index in [1.165, 1.54) is 0 Å². The molecule has 0 spiro atoms. The van der Waals surface area contributed by atoms with Gasteiger partial charge in [-0.05, 0) is 33.6 Å². The Balaban J connectivity index is 4.90. The van der Waals surface area contributed by atoms with Crippen LogP contribution in [0.25, 0.3) is 0 Å². The number of rotatable bonds is 7. The summed E-state index contributed by atoms with van der Waals surface area (Å²) in [6.45, 7) is 11.3. The fourth-order valence-corrected chi connectivity index (χ4v) is 1.52. The third kappa shape index (κ3) is 4.11. The smallest absolute Gasteiger partial charge is 0.319 e. The van der Waals surface area contributed by atoms with E-state index in [-0.39, 0.29) is 18.3 Å². The number of hydrogen-bond acceptors (Lipinski definition) is 4. The second-order valence-corrected chi connectivity index (χ2v) is 4.83. The Labute approximate surface area is 104 Å². The molecule has 0 heterocycles. The summed E-state index contributed by atoms with van der Waals surface area (Å²) in [5.74, 6) is -0.667. The van der Waals surface area contributed by atoms with E-state index in [9.17, 15) is 9.59 Å². The fourth-order valence-electron chi connectivity index (χ4n) is 1.52. The van der Waals surface area contributed by atoms with E-state index in [0.29, 0.717) is 6.61 Å². The molecule has 0 N–H and O–H groups in total. The van der Waals surface area contributed by atoms with Crippen LogP contribution < -0.4 is 0 Å². The Hall–Kier alpha value is -0.900. The zero-order valence-corrected chi connectivity index (χ0v) is 11.7. The predicted octanol–water partition coefficient (Wildman–Crippen LogP) is 2.21. The molecule has 0 radical (unpaired) electrons. The van der Waals surface area contributed by atoms with E-state index < -0.39 is 17.5 Å². The zero-order chi connectivity index (χ0) is 13.6. The number of carbonyl (C=O) groups excluding carboxylic acids is 2. The average Bonchev–Trinajstić information content (AvgIpc) is 2.24. The van der Waals surface area contributed by atoms with Crippen molar-refractivity contribution in [3.63, 3.8) is 0 Å². The quantitative estimate of drug-likeness (QED) is 0.509. The van der Waals surface area contributed by atoms with Gasteiger partial charge in [0.25, 0.3) is 0 Å². The molecule has 0 aliphatic heterocycles. The highest BCUT2D eigenvalue weighted by molar-refractivity contribution is 6.05. The largest absolute Gasteiger partial charge is 0.465 e. The van der Waals surface area contributed by atoms with Crippen molar-refractivity contribution in [1.29, 1.82) is 0 Å². The molecule has 4 nitrogen and oxygen atoms in total. The van der Waals surface area contributed by atoms with Crippen molar-refractivity contribution in [2.75, 3.05) is 13.2 Å². The average molecular weight is 244 g/mol. The topological polar surface area (TPSA) is 52.6 Å². The van der Waals surface area contributed by atoms with Crippen LogP contribution in [0.3, 0.4) is 0 Å². The first-order chi connectivity index (χ1) is 7.78. The molecule has 0 amide bonds. The second-order valence-electron chi connectivity index (χ2n) is 4.83. The molecule has 0 aliphatic rings. The summed E-state index contributed by atoms with van der Waals surface area (Å²) >= 11 is 0. The summed E-state index contributed by atoms with van der Waals surface area (Å²) in [5, 5.41) is 0. The predicted molar refractivity (Wildman–Crippen MR) is 65.7 cm³/mol. The van der Waals surface area contributed by atoms with Gasteiger partial charge in [-0.2, -0.15) is 0 Å². The SMILES string of the molecule is CCOC(=O)C(C)(C)C(=O)C(OCC)C(C)C. The van der Waals surface area contributed by atoms with E-state index in [1.807, 2.05) is 20.8 Å². The van der Waals surface area contributed by atoms with Crippen LogP contribution in [0.2, 0.25) is 0 Å². The van der Waals surface area contributed by atoms with Gasteiger partial charge in [0.05, 0.1) is 6.61 Å². The molecular weight excluding hydrogens is 220 g/mol. The van der Waals surface area contributed by atoms with Crippen LogP contribution in [0.15, 0.2) is 0 Å². The molecule has 100 valence electrons. The second kappa shape index (κ2) is 6.74. The van der Waals surface area contributed by atoms with Crippen molar-refractivity contribution in [3.05, 3.63) is 0 Å². The summed E-state index contributed by atoms with van der Waals surface area (Å²) in [5.41, 5.74) is -1.15. The lowest BCUT2D eigenvalue weighted by atomic mass is 9.82. The van der Waals surface area contributed by atoms with Crippen molar-refractivity contribution >= 4 is 11.8 Å². The Bertz CT molecular complexity index is 269. The maximum atomic E-state index is 12.3. The van der Waals surface area contributed by atoms with Crippen LogP contribution in [0.5, 0.6) is 0 Å². The molecule has 1 unspecified atom stereocenters. The van der Waals surface area contributed by atoms with Crippen LogP contribution >= 0.6 is 0 Å². The third-order valence-electron chi connectivity index (χ3n) is 2.61. The Morgan fingerprint density at radius 3 is 2.00 bits per heavy atom. The highest BCUT2D eigenvalue weighted by Gasteiger charge is 2.42. The molecule has 0 fully saturated rings. The zero-order valence-electron chi connectivity index (χ0n) is 11.7. The lowest BCUT2D eigenvalue weighted by Crippen LogP contribution is -2.44. The monoisotopic (exact) mass is 244 g/mol. The van der Waals surface area contributed by atoms with Crippen molar-refractivity contribution in [3.8, 4) is 0 Å². The highest BCUT2D eigenvalue weighted by Crippen LogP contribution is 2.25. The van der Waals surface area contributed by atoms with Gasteiger partial charge in [0.2, 0.25) is 0 Å². The maximum Gasteiger partial charge on any atom is 0.319 e. The van der Waals surface area contributed by atoms with Crippen LogP contribution in [-0.2, 0) is 19.1 Å². The molecule has 0 bridgehead atoms. The summed E-state index contributed by atoms with van der Waals surface area (Å²) in [4.78, 5) is 24.0. The first-order valence-corrected chi connectivity index (χ1v) is 6.12. The molecule has 17 heavy (non-hydrogen) atoms. The minimum absolute atomic E-state index is 0.0381. The van der Waals surface area contributed by atoms with E-state index in [4.69, 9.17) is 9.47 Å². The molecule has 0 aliphatic carbocycles. The highest BCUT2D eigenvalue weighted by atomic mass is 16.5. The van der Waals surface area contributed by atoms with Gasteiger partial charge in [-0.3, -0.25) is 9.59 Å². The minimum Gasteiger partial charge on any atom is -0.465 e. The van der Waals surface area contributed by atoms with Crippen molar-refractivity contribution < 1.29 is 19.1 Å². The van der Waals surface area contributed by atoms with Gasteiger partial charge >= 0.3 is 5.97 Å². The number of hydrogen-bond donors (Lipinski definition) is 0. The van der Waals surface area contributed by atoms with Gasteiger partial charge in [-0.15, -0.1) is 0 Å². The minimum atomic E-state index is -1.15. The normalized spacial score (nSPS) is 13.6. The summed E-state index contributed by atoms with van der Waals surface area (Å²) in [7, 11) is 0. The Morgan fingerprint density at radius 1 is 1.12 bits per heavy atom. The number of Topliss-reactive ketones (excluding diaryl/α,β-unsaturated/α-hetero) is 1. The van der Waals surface area contributed by atoms with Gasteiger partial charge < -0.3 is 9.47 Å². The standard InChI is InChI=1S/C13H24O4/c1-7-16-10(9(3)4)11(14)13(5,6)12(15)17-8-2/h9-10H,7-8H2,1-6H3. The van der Waals surface area contributed by atoms with Gasteiger partial charge in [0.15, 0.2) is 5.78 Å². The molecule has 0 aromatic rings. The Morgan fingerprint density at radius 2 is 1.65 bits per heavy atom. The van der Waals surface area contributed by atoms with E-state index >= 15 is 0 Å². The van der Waals surface area contributed by atoms with Crippen LogP contribution in [0.4, 0.5) is 0 Å². The van der Waals surface area contributed by atoms with Crippen molar-refractivity contribution in [2.45, 2.75) is 47.6 Å². The summed E-state index contributed by atoms with van der Waals surface area (Å²) < 4.78 is 10.3. The molecule has 0 aromatic heterocycles. The van der Waals surface area contributed by atoms with E-state index in [0.717, 1.165) is 0 Å². The van der Waals surface area contributed by atoms with Crippen molar-refractivity contribution in [2.24, 2.45) is 11.3 Å². The third-order valence-corrected chi connectivity index (χ3v) is 2.61. The first-order valence-electron chi connectivity index (χ1n) is 6.12. The number of carbonyl (C=O) groups is 2. The first kappa shape index (κ1) is 16.1. The fraction of sp³-hybridized carbons (Fsp3) is 0.846. The van der Waals surface area contributed by atoms with E-state index in [1.54, 1.807) is 20.8 Å². The molecule has 0 saturated carbocycles. The lowest BCUT2D eigenvalue weighted by molar-refractivity contribution is -0.162. The molecule has 0 aromatic carbocycles. The van der Waals surface area contributed by atoms with Crippen LogP contribution in [0.1, 0.15) is 41.5 Å². The van der Waals surface area contributed by atoms with Gasteiger partial charge in [-0.1, -0.05) is 13.8 Å². The van der Waals surface area contributed by atoms with E-state index in [2.05, 4.69) is 0 Å².